The van der Waals surface area contributed by atoms with E-state index in [2.05, 4.69) is 0 Å². The molecule has 0 saturated carbocycles. The lowest BCUT2D eigenvalue weighted by atomic mass is 10.2. The molecule has 2 aromatic rings. The molecule has 0 amide bonds. The minimum absolute atomic E-state index is 0.333. The van der Waals surface area contributed by atoms with Gasteiger partial charge in [0.05, 0.1) is 20.8 Å². The third-order valence-corrected chi connectivity index (χ3v) is 5.60. The lowest BCUT2D eigenvalue weighted by molar-refractivity contribution is -0.394. The van der Waals surface area contributed by atoms with Gasteiger partial charge in [-0.2, -0.15) is 16.8 Å². The normalized spacial score (nSPS) is 11.2. The van der Waals surface area contributed by atoms with E-state index >= 15 is 0 Å². The number of halogens is 1. The van der Waals surface area contributed by atoms with Crippen LogP contribution in [0.1, 0.15) is 5.56 Å². The maximum absolute atomic E-state index is 10.8. The highest BCUT2D eigenvalue weighted by atomic mass is 35.5. The van der Waals surface area contributed by atoms with E-state index < -0.39 is 61.2 Å². The van der Waals surface area contributed by atoms with Gasteiger partial charge in [0.1, 0.15) is 14.8 Å². The quantitative estimate of drug-likeness (QED) is 0.342. The first-order chi connectivity index (χ1) is 14.0. The molecule has 0 aromatic heterocycles. The smallest absolute Gasteiger partial charge is 0.282 e. The Hall–Kier alpha value is -3.25. The monoisotopic (exact) mass is 499 g/mol. The van der Waals surface area contributed by atoms with Crippen molar-refractivity contribution in [2.45, 2.75) is 16.7 Å². The number of benzene rings is 2. The standard InChI is InChI=1S/C7H7NO5S.C6H3ClN2O7S/c1-5-2-3-6(14(11,12)13)4-7(5)8(9)10;7-6-4(9(12)13)1-3(8(10)11)2-5(6)17(14,15)16/h2-4H,1H3,(H,11,12,13);1-2H,(H,14,15,16). The largest absolute Gasteiger partial charge is 0.296 e. The van der Waals surface area contributed by atoms with Crippen LogP contribution in [0, 0.1) is 37.3 Å². The van der Waals surface area contributed by atoms with E-state index in [9.17, 15) is 47.2 Å². The van der Waals surface area contributed by atoms with Gasteiger partial charge in [0.25, 0.3) is 37.3 Å². The number of nitrogens with zero attached hydrogens (tertiary/aromatic N) is 3. The minimum Gasteiger partial charge on any atom is -0.282 e. The van der Waals surface area contributed by atoms with Gasteiger partial charge in [-0.25, -0.2) is 0 Å². The summed E-state index contributed by atoms with van der Waals surface area (Å²) in [6.07, 6.45) is 0. The van der Waals surface area contributed by atoms with Crippen molar-refractivity contribution < 1.29 is 40.7 Å². The fourth-order valence-electron chi connectivity index (χ4n) is 1.94. The molecule has 15 nitrogen and oxygen atoms in total. The molecular formula is C13H10ClN3O12S2. The van der Waals surface area contributed by atoms with E-state index in [0.29, 0.717) is 17.7 Å². The second-order valence-electron chi connectivity index (χ2n) is 5.45. The topological polar surface area (TPSA) is 238 Å². The van der Waals surface area contributed by atoms with Crippen LogP contribution in [-0.2, 0) is 20.2 Å². The van der Waals surface area contributed by atoms with Gasteiger partial charge in [-0.3, -0.25) is 39.4 Å². The molecule has 0 aliphatic rings. The average molecular weight is 500 g/mol. The van der Waals surface area contributed by atoms with E-state index in [1.54, 1.807) is 0 Å². The van der Waals surface area contributed by atoms with Crippen molar-refractivity contribution in [2.75, 3.05) is 0 Å². The van der Waals surface area contributed by atoms with Crippen LogP contribution in [0.3, 0.4) is 0 Å². The lowest BCUT2D eigenvalue weighted by Gasteiger charge is -2.01. The highest BCUT2D eigenvalue weighted by molar-refractivity contribution is 7.86. The molecule has 0 radical (unpaired) electrons. The number of hydrogen-bond donors (Lipinski definition) is 2. The molecule has 0 saturated heterocycles. The average Bonchev–Trinajstić information content (AvgIpc) is 2.60. The molecule has 18 heteroatoms. The molecule has 168 valence electrons. The Morgan fingerprint density at radius 1 is 0.806 bits per heavy atom. The number of non-ortho nitro benzene ring substituents is 1. The van der Waals surface area contributed by atoms with Gasteiger partial charge in [-0.1, -0.05) is 17.7 Å². The van der Waals surface area contributed by atoms with Crippen molar-refractivity contribution in [2.24, 2.45) is 0 Å². The highest BCUT2D eigenvalue weighted by Crippen LogP contribution is 2.35. The van der Waals surface area contributed by atoms with Crippen molar-refractivity contribution in [3.05, 3.63) is 71.3 Å². The van der Waals surface area contributed by atoms with E-state index in [0.717, 1.165) is 12.1 Å². The number of rotatable bonds is 5. The van der Waals surface area contributed by atoms with E-state index in [1.165, 1.54) is 13.0 Å². The fraction of sp³-hybridized carbons (Fsp3) is 0.0769. The maximum Gasteiger partial charge on any atom is 0.296 e. The second-order valence-corrected chi connectivity index (χ2v) is 8.64. The molecule has 0 spiro atoms. The molecule has 2 rings (SSSR count). The number of nitro groups is 3. The molecule has 0 heterocycles. The highest BCUT2D eigenvalue weighted by Gasteiger charge is 2.28. The minimum atomic E-state index is -4.89. The summed E-state index contributed by atoms with van der Waals surface area (Å²) in [5, 5.41) is 30.5. The Labute approximate surface area is 177 Å². The van der Waals surface area contributed by atoms with Crippen LogP contribution in [0.2, 0.25) is 5.02 Å². The Bertz CT molecular complexity index is 1290. The van der Waals surface area contributed by atoms with Crippen LogP contribution in [0.5, 0.6) is 0 Å². The van der Waals surface area contributed by atoms with Crippen LogP contribution in [-0.4, -0.2) is 40.7 Å². The van der Waals surface area contributed by atoms with Crippen LogP contribution in [0.4, 0.5) is 17.1 Å². The van der Waals surface area contributed by atoms with Gasteiger partial charge >= 0.3 is 0 Å². The number of hydrogen-bond acceptors (Lipinski definition) is 10. The van der Waals surface area contributed by atoms with E-state index in [4.69, 9.17) is 20.7 Å². The van der Waals surface area contributed by atoms with E-state index in [-0.39, 0.29) is 5.69 Å². The van der Waals surface area contributed by atoms with E-state index in [1.807, 2.05) is 0 Å². The fourth-order valence-corrected chi connectivity index (χ4v) is 3.51. The number of nitro benzene ring substituents is 3. The molecule has 0 aliphatic carbocycles. The predicted octanol–water partition coefficient (Wildman–Crippen LogP) is 2.55. The summed E-state index contributed by atoms with van der Waals surface area (Å²) in [6, 6.07) is 4.13. The summed E-state index contributed by atoms with van der Waals surface area (Å²) < 4.78 is 60.3. The zero-order valence-electron chi connectivity index (χ0n) is 14.9. The number of aryl methyl sites for hydroxylation is 1. The van der Waals surface area contributed by atoms with Crippen molar-refractivity contribution in [3.63, 3.8) is 0 Å². The van der Waals surface area contributed by atoms with Crippen molar-refractivity contribution in [1.29, 1.82) is 0 Å². The van der Waals surface area contributed by atoms with Gasteiger partial charge in [0.15, 0.2) is 0 Å². The van der Waals surface area contributed by atoms with Crippen LogP contribution in [0.25, 0.3) is 0 Å². The molecule has 0 aliphatic heterocycles. The second kappa shape index (κ2) is 9.27. The molecule has 0 atom stereocenters. The molecular weight excluding hydrogens is 490 g/mol. The van der Waals surface area contributed by atoms with Crippen molar-refractivity contribution in [1.82, 2.24) is 0 Å². The molecule has 0 bridgehead atoms. The summed E-state index contributed by atoms with van der Waals surface area (Å²) in [7, 11) is -9.27. The molecule has 31 heavy (non-hydrogen) atoms. The lowest BCUT2D eigenvalue weighted by Crippen LogP contribution is -2.03. The van der Waals surface area contributed by atoms with Gasteiger partial charge in [-0.05, 0) is 13.0 Å². The Morgan fingerprint density at radius 2 is 1.32 bits per heavy atom. The molecule has 0 unspecified atom stereocenters. The summed E-state index contributed by atoms with van der Waals surface area (Å²) in [6.45, 7) is 1.48. The molecule has 2 aromatic carbocycles. The van der Waals surface area contributed by atoms with Crippen LogP contribution < -0.4 is 0 Å². The van der Waals surface area contributed by atoms with Crippen LogP contribution in [0.15, 0.2) is 40.1 Å². The van der Waals surface area contributed by atoms with Gasteiger partial charge in [0.2, 0.25) is 0 Å². The Kier molecular flexibility index (Phi) is 7.71. The maximum atomic E-state index is 10.8. The third-order valence-electron chi connectivity index (χ3n) is 3.37. The first kappa shape index (κ1) is 25.8. The van der Waals surface area contributed by atoms with Crippen LogP contribution >= 0.6 is 11.6 Å². The Morgan fingerprint density at radius 3 is 1.71 bits per heavy atom. The summed E-state index contributed by atoms with van der Waals surface area (Å²) in [4.78, 5) is 27.0. The molecule has 2 N–H and O–H groups in total. The summed E-state index contributed by atoms with van der Waals surface area (Å²) in [5.74, 6) is 0. The third kappa shape index (κ3) is 6.62. The molecule has 0 fully saturated rings. The van der Waals surface area contributed by atoms with Gasteiger partial charge < -0.3 is 0 Å². The zero-order valence-corrected chi connectivity index (χ0v) is 17.3. The first-order valence-corrected chi connectivity index (χ1v) is 10.5. The summed E-state index contributed by atoms with van der Waals surface area (Å²) in [5.41, 5.74) is -1.84. The summed E-state index contributed by atoms with van der Waals surface area (Å²) >= 11 is 5.36. The predicted molar refractivity (Wildman–Crippen MR) is 102 cm³/mol. The van der Waals surface area contributed by atoms with Crippen molar-refractivity contribution >= 4 is 48.9 Å². The SMILES string of the molecule is Cc1ccc(S(=O)(=O)O)cc1[N+](=O)[O-].O=[N+]([O-])c1cc([N+](=O)[O-])c(Cl)c(S(=O)(=O)O)c1. The zero-order chi connectivity index (χ0) is 24.3. The van der Waals surface area contributed by atoms with Crippen molar-refractivity contribution in [3.8, 4) is 0 Å². The Balaban J connectivity index is 0.000000316. The first-order valence-electron chi connectivity index (χ1n) is 7.29. The van der Waals surface area contributed by atoms with Gasteiger partial charge in [0, 0.05) is 17.7 Å². The van der Waals surface area contributed by atoms with Gasteiger partial charge in [-0.15, -0.1) is 0 Å².